The summed E-state index contributed by atoms with van der Waals surface area (Å²) in [5, 5.41) is 4.57. The molecule has 0 aliphatic heterocycles. The van der Waals surface area contributed by atoms with Crippen LogP contribution in [0.25, 0.3) is 6.08 Å². The molecule has 0 spiro atoms. The van der Waals surface area contributed by atoms with Gasteiger partial charge in [0.2, 0.25) is 5.91 Å². The molecule has 2 aromatic rings. The van der Waals surface area contributed by atoms with Crippen molar-refractivity contribution in [1.29, 1.82) is 0 Å². The van der Waals surface area contributed by atoms with Crippen LogP contribution in [0.15, 0.2) is 48.5 Å². The molecule has 0 atom stereocenters. The lowest BCUT2D eigenvalue weighted by molar-refractivity contribution is -0.137. The van der Waals surface area contributed by atoms with Gasteiger partial charge in [0, 0.05) is 9.65 Å². The van der Waals surface area contributed by atoms with E-state index in [1.807, 2.05) is 24.3 Å². The molecular formula is C20H18F3IN2OS. The Labute approximate surface area is 180 Å². The van der Waals surface area contributed by atoms with E-state index in [1.165, 1.54) is 23.8 Å². The number of nitrogens with one attached hydrogen (secondary N) is 2. The van der Waals surface area contributed by atoms with Gasteiger partial charge in [0.15, 0.2) is 5.11 Å². The fraction of sp³-hybridized carbons (Fsp3) is 0.200. The summed E-state index contributed by atoms with van der Waals surface area (Å²) in [5.74, 6) is -0.128. The van der Waals surface area contributed by atoms with Gasteiger partial charge in [0.1, 0.15) is 0 Å². The molecule has 2 aromatic carbocycles. The number of halogens is 4. The molecule has 8 heteroatoms. The summed E-state index contributed by atoms with van der Waals surface area (Å²) >= 11 is 6.76. The van der Waals surface area contributed by atoms with Crippen LogP contribution in [0.3, 0.4) is 0 Å². The molecule has 0 aliphatic carbocycles. The number of carbonyl (C=O) groups excluding carboxylic acids is 1. The Morgan fingerprint density at radius 1 is 1.14 bits per heavy atom. The molecule has 0 aromatic heterocycles. The maximum Gasteiger partial charge on any atom is 0.418 e. The van der Waals surface area contributed by atoms with Gasteiger partial charge in [-0.15, -0.1) is 0 Å². The Balaban J connectivity index is 2.00. The van der Waals surface area contributed by atoms with Crippen molar-refractivity contribution in [2.75, 3.05) is 5.32 Å². The molecule has 3 nitrogen and oxygen atoms in total. The molecule has 0 radical (unpaired) electrons. The molecule has 2 rings (SSSR count). The third-order valence-corrected chi connectivity index (χ3v) is 4.68. The molecule has 1 amide bonds. The Morgan fingerprint density at radius 3 is 2.36 bits per heavy atom. The number of anilines is 1. The molecule has 0 aliphatic rings. The Morgan fingerprint density at radius 2 is 1.79 bits per heavy atom. The van der Waals surface area contributed by atoms with Crippen LogP contribution in [0, 0.1) is 3.57 Å². The highest BCUT2D eigenvalue weighted by atomic mass is 127. The zero-order valence-electron chi connectivity index (χ0n) is 15.1. The topological polar surface area (TPSA) is 41.1 Å². The van der Waals surface area contributed by atoms with E-state index >= 15 is 0 Å². The van der Waals surface area contributed by atoms with Crippen molar-refractivity contribution < 1.29 is 18.0 Å². The van der Waals surface area contributed by atoms with Crippen LogP contribution in [0.5, 0.6) is 0 Å². The second kappa shape index (κ2) is 9.51. The summed E-state index contributed by atoms with van der Waals surface area (Å²) in [6.45, 7) is 4.17. The fourth-order valence-corrected chi connectivity index (χ4v) is 3.03. The summed E-state index contributed by atoms with van der Waals surface area (Å²) in [6.07, 6.45) is -1.66. The Bertz CT molecular complexity index is 893. The van der Waals surface area contributed by atoms with Crippen molar-refractivity contribution in [1.82, 2.24) is 5.32 Å². The number of benzene rings is 2. The largest absolute Gasteiger partial charge is 0.418 e. The molecule has 28 heavy (non-hydrogen) atoms. The molecule has 0 bridgehead atoms. The van der Waals surface area contributed by atoms with Gasteiger partial charge in [0.25, 0.3) is 0 Å². The van der Waals surface area contributed by atoms with Crippen LogP contribution in [-0.4, -0.2) is 11.0 Å². The molecule has 0 fully saturated rings. The number of hydrogen-bond donors (Lipinski definition) is 2. The third-order valence-electron chi connectivity index (χ3n) is 3.80. The van der Waals surface area contributed by atoms with E-state index in [-0.39, 0.29) is 10.8 Å². The van der Waals surface area contributed by atoms with Gasteiger partial charge in [-0.2, -0.15) is 13.2 Å². The molecular weight excluding hydrogens is 500 g/mol. The van der Waals surface area contributed by atoms with Gasteiger partial charge in [-0.3, -0.25) is 10.1 Å². The highest BCUT2D eigenvalue weighted by Crippen LogP contribution is 2.35. The van der Waals surface area contributed by atoms with Crippen LogP contribution in [0.4, 0.5) is 18.9 Å². The van der Waals surface area contributed by atoms with Crippen molar-refractivity contribution in [3.8, 4) is 0 Å². The normalized spacial score (nSPS) is 11.7. The minimum Gasteiger partial charge on any atom is -0.332 e. The molecule has 0 unspecified atom stereocenters. The van der Waals surface area contributed by atoms with E-state index in [0.29, 0.717) is 9.49 Å². The number of rotatable bonds is 4. The fourth-order valence-electron chi connectivity index (χ4n) is 2.33. The quantitative estimate of drug-likeness (QED) is 0.298. The number of amides is 1. The highest BCUT2D eigenvalue weighted by Gasteiger charge is 2.34. The lowest BCUT2D eigenvalue weighted by Crippen LogP contribution is -2.33. The van der Waals surface area contributed by atoms with E-state index < -0.39 is 17.6 Å². The zero-order valence-corrected chi connectivity index (χ0v) is 18.1. The predicted octanol–water partition coefficient (Wildman–Crippen LogP) is 5.96. The standard InChI is InChI=1S/C20H18F3IN2OS/c1-12(2)14-6-3-13(4-7-14)5-10-18(27)26-19(28)25-17-9-8-15(24)11-16(17)20(21,22)23/h3-12H,1-2H3,(H2,25,26,27,28)/b10-5+. The van der Waals surface area contributed by atoms with Crippen molar-refractivity contribution in [3.05, 3.63) is 68.8 Å². The van der Waals surface area contributed by atoms with Crippen LogP contribution < -0.4 is 10.6 Å². The Kier molecular flexibility index (Phi) is 7.59. The molecule has 148 valence electrons. The first-order valence-electron chi connectivity index (χ1n) is 8.33. The van der Waals surface area contributed by atoms with Gasteiger partial charge in [0.05, 0.1) is 11.3 Å². The monoisotopic (exact) mass is 518 g/mol. The minimum atomic E-state index is -4.54. The smallest absolute Gasteiger partial charge is 0.332 e. The van der Waals surface area contributed by atoms with E-state index in [4.69, 9.17) is 12.2 Å². The summed E-state index contributed by atoms with van der Waals surface area (Å²) in [5.41, 5.74) is 0.948. The number of thiocarbonyl (C=S) groups is 1. The Hall–Kier alpha value is -1.94. The maximum absolute atomic E-state index is 13.1. The first-order chi connectivity index (χ1) is 13.1. The summed E-state index contributed by atoms with van der Waals surface area (Å²) in [4.78, 5) is 12.0. The second-order valence-corrected chi connectivity index (χ2v) is 7.94. The molecule has 0 heterocycles. The van der Waals surface area contributed by atoms with Gasteiger partial charge in [-0.05, 0) is 76.1 Å². The van der Waals surface area contributed by atoms with E-state index in [9.17, 15) is 18.0 Å². The van der Waals surface area contributed by atoms with E-state index in [2.05, 4.69) is 24.5 Å². The maximum atomic E-state index is 13.1. The van der Waals surface area contributed by atoms with Gasteiger partial charge >= 0.3 is 6.18 Å². The predicted molar refractivity (Wildman–Crippen MR) is 118 cm³/mol. The van der Waals surface area contributed by atoms with Gasteiger partial charge in [-0.1, -0.05) is 38.1 Å². The van der Waals surface area contributed by atoms with E-state index in [0.717, 1.165) is 11.6 Å². The second-order valence-electron chi connectivity index (χ2n) is 6.29. The SMILES string of the molecule is CC(C)c1ccc(/C=C/C(=O)NC(=S)Nc2ccc(I)cc2C(F)(F)F)cc1. The lowest BCUT2D eigenvalue weighted by atomic mass is 10.0. The minimum absolute atomic E-state index is 0.212. The van der Waals surface area contributed by atoms with Crippen molar-refractivity contribution in [3.63, 3.8) is 0 Å². The summed E-state index contributed by atoms with van der Waals surface area (Å²) in [7, 11) is 0. The molecule has 0 saturated carbocycles. The van der Waals surface area contributed by atoms with Crippen molar-refractivity contribution in [2.24, 2.45) is 0 Å². The number of hydrogen-bond acceptors (Lipinski definition) is 2. The third kappa shape index (κ3) is 6.59. The van der Waals surface area contributed by atoms with Gasteiger partial charge in [-0.25, -0.2) is 0 Å². The first kappa shape index (κ1) is 22.4. The van der Waals surface area contributed by atoms with Crippen LogP contribution in [0.2, 0.25) is 0 Å². The average molecular weight is 518 g/mol. The molecule has 2 N–H and O–H groups in total. The summed E-state index contributed by atoms with van der Waals surface area (Å²) in [6, 6.07) is 11.5. The zero-order chi connectivity index (χ0) is 20.9. The first-order valence-corrected chi connectivity index (χ1v) is 9.81. The van der Waals surface area contributed by atoms with Crippen LogP contribution in [-0.2, 0) is 11.0 Å². The van der Waals surface area contributed by atoms with Crippen molar-refractivity contribution >= 4 is 57.6 Å². The van der Waals surface area contributed by atoms with Crippen LogP contribution in [0.1, 0.15) is 36.5 Å². The molecule has 0 saturated heterocycles. The van der Waals surface area contributed by atoms with Crippen LogP contribution >= 0.6 is 34.8 Å². The lowest BCUT2D eigenvalue weighted by Gasteiger charge is -2.15. The van der Waals surface area contributed by atoms with E-state index in [1.54, 1.807) is 28.7 Å². The van der Waals surface area contributed by atoms with Crippen molar-refractivity contribution in [2.45, 2.75) is 25.9 Å². The summed E-state index contributed by atoms with van der Waals surface area (Å²) < 4.78 is 39.9. The van der Waals surface area contributed by atoms with Gasteiger partial charge < -0.3 is 5.32 Å². The number of carbonyl (C=O) groups is 1. The average Bonchev–Trinajstić information content (AvgIpc) is 2.61. The number of alkyl halides is 3. The highest BCUT2D eigenvalue weighted by molar-refractivity contribution is 14.1.